The van der Waals surface area contributed by atoms with Crippen LogP contribution < -0.4 is 10.6 Å². The maximum atomic E-state index is 12.0. The molecule has 1 fully saturated rings. The molecule has 6 heteroatoms. The number of imide groups is 1. The van der Waals surface area contributed by atoms with Crippen molar-refractivity contribution in [2.24, 2.45) is 0 Å². The summed E-state index contributed by atoms with van der Waals surface area (Å²) in [5, 5.41) is 4.46. The second-order valence-electron chi connectivity index (χ2n) is 3.86. The fourth-order valence-electron chi connectivity index (χ4n) is 1.41. The number of carbonyl (C=O) groups excluding carboxylic acids is 3. The Morgan fingerprint density at radius 2 is 2.20 bits per heavy atom. The van der Waals surface area contributed by atoms with E-state index in [0.29, 0.717) is 5.57 Å². The number of nitrogens with one attached hydrogen (secondary N) is 2. The highest BCUT2D eigenvalue weighted by Gasteiger charge is 2.29. The number of amides is 3. The van der Waals surface area contributed by atoms with E-state index in [1.807, 2.05) is 18.3 Å². The van der Waals surface area contributed by atoms with Crippen LogP contribution in [0.2, 0.25) is 0 Å². The van der Waals surface area contributed by atoms with E-state index in [2.05, 4.69) is 16.6 Å². The molecule has 1 heterocycles. The van der Waals surface area contributed by atoms with Gasteiger partial charge in [0.25, 0.3) is 11.8 Å². The van der Waals surface area contributed by atoms with Crippen molar-refractivity contribution in [2.45, 2.75) is 13.0 Å². The van der Waals surface area contributed by atoms with Gasteiger partial charge in [0.15, 0.2) is 0 Å². The van der Waals surface area contributed by atoms with E-state index in [0.717, 1.165) is 0 Å². The van der Waals surface area contributed by atoms with Gasteiger partial charge < -0.3 is 10.1 Å². The number of alkyl carbamates (subject to hydrolysis) is 1. The van der Waals surface area contributed by atoms with Crippen LogP contribution in [0.25, 0.3) is 0 Å². The van der Waals surface area contributed by atoms with Crippen molar-refractivity contribution in [2.75, 3.05) is 6.61 Å². The Morgan fingerprint density at radius 1 is 1.45 bits per heavy atom. The summed E-state index contributed by atoms with van der Waals surface area (Å²) in [6, 6.07) is -0.900. The van der Waals surface area contributed by atoms with Crippen molar-refractivity contribution >= 4 is 17.9 Å². The molecule has 2 N–H and O–H groups in total. The molecule has 0 saturated carbocycles. The van der Waals surface area contributed by atoms with Crippen molar-refractivity contribution in [1.29, 1.82) is 0 Å². The minimum absolute atomic E-state index is 0.184. The van der Waals surface area contributed by atoms with Crippen LogP contribution in [0.15, 0.2) is 48.6 Å². The van der Waals surface area contributed by atoms with Gasteiger partial charge in [0.2, 0.25) is 0 Å². The summed E-state index contributed by atoms with van der Waals surface area (Å²) in [5.74, 6) is -1.05. The summed E-state index contributed by atoms with van der Waals surface area (Å²) in [5.41, 5.74) is 0.336. The van der Waals surface area contributed by atoms with Crippen LogP contribution in [-0.2, 0) is 14.3 Å². The molecule has 106 valence electrons. The number of rotatable bonds is 5. The smallest absolute Gasteiger partial charge is 0.413 e. The Hall–Kier alpha value is -2.63. The zero-order chi connectivity index (χ0) is 15.0. The average molecular weight is 276 g/mol. The fourth-order valence-corrected chi connectivity index (χ4v) is 1.41. The average Bonchev–Trinajstić information content (AvgIpc) is 2.41. The van der Waals surface area contributed by atoms with Gasteiger partial charge in [0, 0.05) is 5.57 Å². The number of hydrogen-bond acceptors (Lipinski definition) is 4. The van der Waals surface area contributed by atoms with Crippen molar-refractivity contribution in [3.63, 3.8) is 0 Å². The minimum atomic E-state index is -0.900. The van der Waals surface area contributed by atoms with E-state index in [1.165, 1.54) is 12.2 Å². The molecule has 1 aliphatic rings. The summed E-state index contributed by atoms with van der Waals surface area (Å²) < 4.78 is 4.65. The van der Waals surface area contributed by atoms with Crippen LogP contribution in [0, 0.1) is 0 Å². The number of hydrogen-bond donors (Lipinski definition) is 2. The highest BCUT2D eigenvalue weighted by Crippen LogP contribution is 2.02. The first-order valence-corrected chi connectivity index (χ1v) is 5.99. The lowest BCUT2D eigenvalue weighted by atomic mass is 10.1. The lowest BCUT2D eigenvalue weighted by molar-refractivity contribution is -0.129. The Kier molecular flexibility index (Phi) is 5.96. The molecule has 20 heavy (non-hydrogen) atoms. The van der Waals surface area contributed by atoms with Crippen molar-refractivity contribution in [3.05, 3.63) is 48.6 Å². The van der Waals surface area contributed by atoms with Gasteiger partial charge in [-0.05, 0) is 13.0 Å². The molecule has 1 rings (SSSR count). The topological polar surface area (TPSA) is 84.5 Å². The van der Waals surface area contributed by atoms with Gasteiger partial charge in [0.1, 0.15) is 12.6 Å². The summed E-state index contributed by atoms with van der Waals surface area (Å²) in [4.78, 5) is 34.3. The number of carbonyl (C=O) groups is 3. The molecular formula is C14H16N2O4. The van der Waals surface area contributed by atoms with E-state index in [-0.39, 0.29) is 6.61 Å². The predicted molar refractivity (Wildman–Crippen MR) is 73.7 cm³/mol. The maximum absolute atomic E-state index is 12.0. The molecule has 0 bridgehead atoms. The minimum Gasteiger partial charge on any atom is -0.446 e. The monoisotopic (exact) mass is 276 g/mol. The van der Waals surface area contributed by atoms with Crippen LogP contribution in [0.3, 0.4) is 0 Å². The maximum Gasteiger partial charge on any atom is 0.413 e. The molecule has 0 radical (unpaired) electrons. The number of ether oxygens (including phenoxy) is 1. The van der Waals surface area contributed by atoms with E-state index in [9.17, 15) is 14.4 Å². The zero-order valence-electron chi connectivity index (χ0n) is 11.1. The molecular weight excluding hydrogens is 260 g/mol. The lowest BCUT2D eigenvalue weighted by Crippen LogP contribution is -2.55. The normalized spacial score (nSPS) is 19.9. The quantitative estimate of drug-likeness (QED) is 0.579. The third-order valence-corrected chi connectivity index (χ3v) is 2.37. The third-order valence-electron chi connectivity index (χ3n) is 2.37. The molecule has 0 spiro atoms. The number of cyclic esters (lactones) is 1. The van der Waals surface area contributed by atoms with Gasteiger partial charge in [-0.2, -0.15) is 0 Å². The molecule has 0 aromatic carbocycles. The van der Waals surface area contributed by atoms with Crippen molar-refractivity contribution in [1.82, 2.24) is 10.6 Å². The van der Waals surface area contributed by atoms with Gasteiger partial charge in [-0.1, -0.05) is 37.0 Å². The standard InChI is InChI=1S/C14H16N2O4/c1-3-5-6-8-10(7-4-2)12(17)15-11-9-20-14(19)16-13(11)18/h3-8,11H,2,9H2,1H3,(H,15,17)(H,16,18,19)/b5-3-,8-6-,10-7+. The molecule has 6 nitrogen and oxygen atoms in total. The lowest BCUT2D eigenvalue weighted by Gasteiger charge is -2.22. The van der Waals surface area contributed by atoms with Crippen molar-refractivity contribution < 1.29 is 19.1 Å². The summed E-state index contributed by atoms with van der Waals surface area (Å²) in [7, 11) is 0. The van der Waals surface area contributed by atoms with Crippen LogP contribution in [0.1, 0.15) is 6.92 Å². The first-order valence-electron chi connectivity index (χ1n) is 5.99. The predicted octanol–water partition coefficient (Wildman–Crippen LogP) is 0.982. The van der Waals surface area contributed by atoms with Gasteiger partial charge in [-0.25, -0.2) is 4.79 Å². The van der Waals surface area contributed by atoms with E-state index >= 15 is 0 Å². The summed E-state index contributed by atoms with van der Waals surface area (Å²) >= 11 is 0. The van der Waals surface area contributed by atoms with Crippen LogP contribution >= 0.6 is 0 Å². The van der Waals surface area contributed by atoms with Gasteiger partial charge in [0.05, 0.1) is 0 Å². The van der Waals surface area contributed by atoms with E-state index in [4.69, 9.17) is 0 Å². The SMILES string of the molecule is C=C\C=C(/C=C\C=C/C)C(=O)NC1COC(=O)NC1=O. The van der Waals surface area contributed by atoms with Gasteiger partial charge in [-0.15, -0.1) is 0 Å². The molecule has 0 aliphatic carbocycles. The highest BCUT2D eigenvalue weighted by molar-refractivity contribution is 6.02. The van der Waals surface area contributed by atoms with Crippen LogP contribution in [0.5, 0.6) is 0 Å². The van der Waals surface area contributed by atoms with Crippen LogP contribution in [0.4, 0.5) is 4.79 Å². The highest BCUT2D eigenvalue weighted by atomic mass is 16.6. The number of allylic oxidation sites excluding steroid dienone is 5. The molecule has 1 unspecified atom stereocenters. The Morgan fingerprint density at radius 3 is 2.80 bits per heavy atom. The first-order chi connectivity index (χ1) is 9.58. The fraction of sp³-hybridized carbons (Fsp3) is 0.214. The molecule has 1 aliphatic heterocycles. The third kappa shape index (κ3) is 4.56. The Labute approximate surface area is 116 Å². The largest absolute Gasteiger partial charge is 0.446 e. The second-order valence-corrected chi connectivity index (χ2v) is 3.86. The summed E-state index contributed by atoms with van der Waals surface area (Å²) in [6.45, 7) is 5.19. The Balaban J connectivity index is 2.71. The van der Waals surface area contributed by atoms with Crippen molar-refractivity contribution in [3.8, 4) is 0 Å². The first kappa shape index (κ1) is 15.4. The zero-order valence-corrected chi connectivity index (χ0v) is 11.1. The molecule has 1 saturated heterocycles. The molecule has 0 aromatic heterocycles. The second kappa shape index (κ2) is 7.73. The van der Waals surface area contributed by atoms with E-state index in [1.54, 1.807) is 18.2 Å². The molecule has 1 atom stereocenters. The molecule has 3 amide bonds. The summed E-state index contributed by atoms with van der Waals surface area (Å²) in [6.07, 6.45) is 9.03. The van der Waals surface area contributed by atoms with E-state index < -0.39 is 23.9 Å². The Bertz CT molecular complexity index is 503. The molecule has 0 aromatic rings. The van der Waals surface area contributed by atoms with Gasteiger partial charge >= 0.3 is 6.09 Å². The van der Waals surface area contributed by atoms with Crippen LogP contribution in [-0.4, -0.2) is 30.6 Å². The van der Waals surface area contributed by atoms with Gasteiger partial charge in [-0.3, -0.25) is 14.9 Å².